The van der Waals surface area contributed by atoms with Gasteiger partial charge in [0.15, 0.2) is 0 Å². The molecule has 1 aliphatic heterocycles. The lowest BCUT2D eigenvalue weighted by Gasteiger charge is -2.27. The van der Waals surface area contributed by atoms with Gasteiger partial charge in [-0.05, 0) is 55.4 Å². The van der Waals surface area contributed by atoms with Crippen LogP contribution in [0.3, 0.4) is 0 Å². The van der Waals surface area contributed by atoms with Crippen LogP contribution in [-0.4, -0.2) is 30.6 Å². The Morgan fingerprint density at radius 1 is 1.04 bits per heavy atom. The van der Waals surface area contributed by atoms with Crippen LogP contribution in [0, 0.1) is 0 Å². The van der Waals surface area contributed by atoms with E-state index in [1.54, 1.807) is 0 Å². The van der Waals surface area contributed by atoms with Crippen molar-refractivity contribution in [3.05, 3.63) is 59.8 Å². The number of hydrogen-bond acceptors (Lipinski definition) is 3. The van der Waals surface area contributed by atoms with Crippen LogP contribution in [0.1, 0.15) is 43.2 Å². The zero-order valence-electron chi connectivity index (χ0n) is 15.8. The number of piperidine rings is 1. The fourth-order valence-electron chi connectivity index (χ4n) is 3.87. The summed E-state index contributed by atoms with van der Waals surface area (Å²) in [6.45, 7) is 3.36. The fourth-order valence-corrected chi connectivity index (χ4v) is 3.87. The molecule has 1 saturated heterocycles. The maximum atomic E-state index is 12.3. The van der Waals surface area contributed by atoms with Gasteiger partial charge in [0, 0.05) is 37.8 Å². The molecular formula is C22H28N4O. The number of anilines is 1. The molecule has 2 aromatic rings. The topological polar surface area (TPSA) is 57.3 Å². The van der Waals surface area contributed by atoms with E-state index in [0.29, 0.717) is 13.1 Å². The van der Waals surface area contributed by atoms with Crippen molar-refractivity contribution in [1.82, 2.24) is 15.6 Å². The summed E-state index contributed by atoms with van der Waals surface area (Å²) < 4.78 is 0. The molecule has 0 unspecified atom stereocenters. The van der Waals surface area contributed by atoms with Crippen LogP contribution >= 0.6 is 0 Å². The number of benzene rings is 1. The molecule has 2 heterocycles. The van der Waals surface area contributed by atoms with E-state index in [-0.39, 0.29) is 11.4 Å². The van der Waals surface area contributed by atoms with Crippen molar-refractivity contribution in [2.45, 2.75) is 44.1 Å². The van der Waals surface area contributed by atoms with Gasteiger partial charge in [0.2, 0.25) is 0 Å². The minimum Gasteiger partial charge on any atom is -0.357 e. The highest BCUT2D eigenvalue weighted by Gasteiger charge is 2.44. The Morgan fingerprint density at radius 3 is 2.56 bits per heavy atom. The lowest BCUT2D eigenvalue weighted by molar-refractivity contribution is 0.239. The highest BCUT2D eigenvalue weighted by molar-refractivity contribution is 5.74. The van der Waals surface area contributed by atoms with Crippen molar-refractivity contribution >= 4 is 11.8 Å². The Labute approximate surface area is 161 Å². The second kappa shape index (κ2) is 7.99. The molecule has 142 valence electrons. The van der Waals surface area contributed by atoms with Crippen molar-refractivity contribution in [3.63, 3.8) is 0 Å². The van der Waals surface area contributed by atoms with Gasteiger partial charge in [-0.2, -0.15) is 0 Å². The SMILES string of the molecule is O=C(NCc1ccnc(N2CCCCC2)c1)NCC1(c2ccccc2)CC1. The number of rotatable bonds is 6. The number of nitrogens with one attached hydrogen (secondary N) is 2. The van der Waals surface area contributed by atoms with Crippen LogP contribution in [0.15, 0.2) is 48.7 Å². The lowest BCUT2D eigenvalue weighted by Crippen LogP contribution is -2.39. The Hall–Kier alpha value is -2.56. The molecule has 1 aromatic heterocycles. The third-order valence-corrected chi connectivity index (χ3v) is 5.77. The summed E-state index contributed by atoms with van der Waals surface area (Å²) >= 11 is 0. The van der Waals surface area contributed by atoms with Gasteiger partial charge in [-0.3, -0.25) is 0 Å². The van der Waals surface area contributed by atoms with Gasteiger partial charge in [-0.25, -0.2) is 9.78 Å². The summed E-state index contributed by atoms with van der Waals surface area (Å²) in [5, 5.41) is 6.04. The Balaban J connectivity index is 1.27. The Morgan fingerprint density at radius 2 is 1.81 bits per heavy atom. The quantitative estimate of drug-likeness (QED) is 0.823. The molecule has 4 rings (SSSR count). The number of pyridine rings is 1. The van der Waals surface area contributed by atoms with Gasteiger partial charge in [0.05, 0.1) is 0 Å². The Kier molecular flexibility index (Phi) is 5.28. The predicted octanol–water partition coefficient (Wildman–Crippen LogP) is 3.60. The van der Waals surface area contributed by atoms with Gasteiger partial charge in [-0.15, -0.1) is 0 Å². The van der Waals surface area contributed by atoms with Gasteiger partial charge in [0.1, 0.15) is 5.82 Å². The van der Waals surface area contributed by atoms with Crippen molar-refractivity contribution < 1.29 is 4.79 Å². The zero-order valence-corrected chi connectivity index (χ0v) is 15.8. The number of carbonyl (C=O) groups excluding carboxylic acids is 1. The number of carbonyl (C=O) groups is 1. The van der Waals surface area contributed by atoms with E-state index in [2.05, 4.69) is 50.8 Å². The molecule has 5 nitrogen and oxygen atoms in total. The zero-order chi connectivity index (χ0) is 18.5. The molecule has 0 radical (unpaired) electrons. The average Bonchev–Trinajstić information content (AvgIpc) is 3.54. The number of hydrogen-bond donors (Lipinski definition) is 2. The highest BCUT2D eigenvalue weighted by atomic mass is 16.2. The number of nitrogens with zero attached hydrogens (tertiary/aromatic N) is 2. The van der Waals surface area contributed by atoms with E-state index < -0.39 is 0 Å². The van der Waals surface area contributed by atoms with Crippen LogP contribution in [0.4, 0.5) is 10.6 Å². The van der Waals surface area contributed by atoms with Gasteiger partial charge >= 0.3 is 6.03 Å². The standard InChI is InChI=1S/C22H28N4O/c27-21(25-17-22(10-11-22)19-7-3-1-4-8-19)24-16-18-9-12-23-20(15-18)26-13-5-2-6-14-26/h1,3-4,7-9,12,15H,2,5-6,10-11,13-14,16-17H2,(H2,24,25,27). The minimum atomic E-state index is -0.103. The van der Waals surface area contributed by atoms with Crippen molar-refractivity contribution in [3.8, 4) is 0 Å². The smallest absolute Gasteiger partial charge is 0.315 e. The summed E-state index contributed by atoms with van der Waals surface area (Å²) in [5.74, 6) is 1.02. The predicted molar refractivity (Wildman–Crippen MR) is 108 cm³/mol. The molecule has 1 aromatic carbocycles. The molecule has 0 spiro atoms. The number of amides is 2. The molecule has 2 aliphatic rings. The van der Waals surface area contributed by atoms with Gasteiger partial charge in [0.25, 0.3) is 0 Å². The minimum absolute atomic E-state index is 0.103. The first-order valence-electron chi connectivity index (χ1n) is 10.0. The van der Waals surface area contributed by atoms with Crippen molar-refractivity contribution in [2.24, 2.45) is 0 Å². The summed E-state index contributed by atoms with van der Waals surface area (Å²) in [7, 11) is 0. The van der Waals surface area contributed by atoms with Crippen LogP contribution in [0.5, 0.6) is 0 Å². The second-order valence-electron chi connectivity index (χ2n) is 7.75. The Bertz CT molecular complexity index is 767. The van der Waals surface area contributed by atoms with Crippen LogP contribution < -0.4 is 15.5 Å². The van der Waals surface area contributed by atoms with E-state index in [1.165, 1.54) is 24.8 Å². The fraction of sp³-hybridized carbons (Fsp3) is 0.455. The van der Waals surface area contributed by atoms with E-state index in [9.17, 15) is 4.79 Å². The van der Waals surface area contributed by atoms with Crippen LogP contribution in [0.2, 0.25) is 0 Å². The first-order chi connectivity index (χ1) is 13.3. The molecule has 5 heteroatoms. The maximum Gasteiger partial charge on any atom is 0.315 e. The third kappa shape index (κ3) is 4.41. The summed E-state index contributed by atoms with van der Waals surface area (Å²) in [6.07, 6.45) is 7.89. The first-order valence-corrected chi connectivity index (χ1v) is 10.0. The third-order valence-electron chi connectivity index (χ3n) is 5.77. The van der Waals surface area contributed by atoms with E-state index in [4.69, 9.17) is 0 Å². The number of urea groups is 1. The van der Waals surface area contributed by atoms with Gasteiger partial charge < -0.3 is 15.5 Å². The number of aromatic nitrogens is 1. The van der Waals surface area contributed by atoms with Crippen molar-refractivity contribution in [1.29, 1.82) is 0 Å². The van der Waals surface area contributed by atoms with Crippen molar-refractivity contribution in [2.75, 3.05) is 24.5 Å². The molecule has 1 saturated carbocycles. The van der Waals surface area contributed by atoms with Crippen LogP contribution in [0.25, 0.3) is 0 Å². The molecule has 2 fully saturated rings. The lowest BCUT2D eigenvalue weighted by atomic mass is 9.96. The van der Waals surface area contributed by atoms with Gasteiger partial charge in [-0.1, -0.05) is 30.3 Å². The second-order valence-corrected chi connectivity index (χ2v) is 7.75. The molecule has 27 heavy (non-hydrogen) atoms. The molecule has 2 amide bonds. The highest BCUT2D eigenvalue weighted by Crippen LogP contribution is 2.47. The maximum absolute atomic E-state index is 12.3. The normalized spacial score (nSPS) is 18.0. The van der Waals surface area contributed by atoms with E-state index in [0.717, 1.165) is 37.3 Å². The monoisotopic (exact) mass is 364 g/mol. The summed E-state index contributed by atoms with van der Waals surface area (Å²) in [6, 6.07) is 14.5. The summed E-state index contributed by atoms with van der Waals surface area (Å²) in [5.41, 5.74) is 2.55. The largest absolute Gasteiger partial charge is 0.357 e. The van der Waals surface area contributed by atoms with E-state index >= 15 is 0 Å². The summed E-state index contributed by atoms with van der Waals surface area (Å²) in [4.78, 5) is 19.1. The molecule has 2 N–H and O–H groups in total. The molecule has 1 aliphatic carbocycles. The molecule has 0 bridgehead atoms. The molecule has 0 atom stereocenters. The average molecular weight is 364 g/mol. The van der Waals surface area contributed by atoms with E-state index in [1.807, 2.05) is 18.3 Å². The first kappa shape index (κ1) is 17.8. The van der Waals surface area contributed by atoms with Crippen LogP contribution in [-0.2, 0) is 12.0 Å². The molecular weight excluding hydrogens is 336 g/mol.